The highest BCUT2D eigenvalue weighted by molar-refractivity contribution is 6.31. The number of fused-ring (bicyclic) bond motifs is 1. The number of carbonyl (C=O) groups excluding carboxylic acids is 1. The molecule has 0 bridgehead atoms. The molecule has 0 amide bonds. The molecule has 0 fully saturated rings. The van der Waals surface area contributed by atoms with Gasteiger partial charge in [-0.25, -0.2) is 4.79 Å². The first-order chi connectivity index (χ1) is 7.65. The topological polar surface area (TPSA) is 48.7 Å². The molecule has 1 aromatic heterocycles. The van der Waals surface area contributed by atoms with Gasteiger partial charge in [0.25, 0.3) is 0 Å². The third kappa shape index (κ3) is 1.72. The second-order valence-electron chi connectivity index (χ2n) is 3.13. The number of hydrogen-bond donors (Lipinski definition) is 0. The molecule has 0 aliphatic rings. The van der Waals surface area contributed by atoms with Crippen LogP contribution in [-0.2, 0) is 4.74 Å². The summed E-state index contributed by atoms with van der Waals surface area (Å²) in [5.74, 6) is 0.0742. The predicted octanol–water partition coefficient (Wildman–Crippen LogP) is 2.88. The number of esters is 1. The maximum absolute atomic E-state index is 11.3. The number of furan rings is 1. The van der Waals surface area contributed by atoms with Gasteiger partial charge in [-0.15, -0.1) is 0 Å². The number of carbonyl (C=O) groups is 1. The second kappa shape index (κ2) is 4.06. The number of halogens is 1. The molecule has 0 unspecified atom stereocenters. The minimum atomic E-state index is -0.533. The fourth-order valence-electron chi connectivity index (χ4n) is 1.44. The molecule has 0 saturated carbocycles. The van der Waals surface area contributed by atoms with Crippen molar-refractivity contribution in [1.29, 1.82) is 0 Å². The molecular weight excluding hydrogens is 232 g/mol. The van der Waals surface area contributed by atoms with Crippen LogP contribution in [0.25, 0.3) is 11.0 Å². The zero-order chi connectivity index (χ0) is 11.7. The third-order valence-electron chi connectivity index (χ3n) is 2.15. The second-order valence-corrected chi connectivity index (χ2v) is 3.57. The Labute approximate surface area is 96.7 Å². The molecule has 0 aliphatic carbocycles. The van der Waals surface area contributed by atoms with Crippen LogP contribution in [0.4, 0.5) is 0 Å². The molecule has 1 heterocycles. The molecule has 0 N–H and O–H groups in total. The SMILES string of the molecule is COC(=O)c1cc2cc(Cl)cc(OC)c2o1. The predicted molar refractivity (Wildman–Crippen MR) is 59.1 cm³/mol. The van der Waals surface area contributed by atoms with Crippen molar-refractivity contribution in [2.45, 2.75) is 0 Å². The number of methoxy groups -OCH3 is 2. The normalized spacial score (nSPS) is 10.4. The Morgan fingerprint density at radius 1 is 1.31 bits per heavy atom. The van der Waals surface area contributed by atoms with Crippen molar-refractivity contribution in [3.63, 3.8) is 0 Å². The van der Waals surface area contributed by atoms with Crippen LogP contribution in [0.1, 0.15) is 10.6 Å². The maximum Gasteiger partial charge on any atom is 0.373 e. The van der Waals surface area contributed by atoms with Crippen LogP contribution < -0.4 is 4.74 Å². The van der Waals surface area contributed by atoms with Gasteiger partial charge in [0.05, 0.1) is 14.2 Å². The molecule has 2 rings (SSSR count). The Bertz CT molecular complexity index is 544. The van der Waals surface area contributed by atoms with Crippen molar-refractivity contribution in [3.05, 3.63) is 29.0 Å². The smallest absolute Gasteiger partial charge is 0.373 e. The molecule has 2 aromatic rings. The van der Waals surface area contributed by atoms with Crippen molar-refractivity contribution < 1.29 is 18.7 Å². The van der Waals surface area contributed by atoms with Crippen LogP contribution in [0.5, 0.6) is 5.75 Å². The standard InChI is InChI=1S/C11H9ClO4/c1-14-8-5-7(12)3-6-4-9(11(13)15-2)16-10(6)8/h3-5H,1-2H3. The summed E-state index contributed by atoms with van der Waals surface area (Å²) in [5.41, 5.74) is 0.479. The highest BCUT2D eigenvalue weighted by atomic mass is 35.5. The Morgan fingerprint density at radius 3 is 2.69 bits per heavy atom. The first-order valence-electron chi connectivity index (χ1n) is 4.51. The first kappa shape index (κ1) is 10.8. The number of benzene rings is 1. The molecule has 0 radical (unpaired) electrons. The van der Waals surface area contributed by atoms with Crippen molar-refractivity contribution in [1.82, 2.24) is 0 Å². The average Bonchev–Trinajstić information content (AvgIpc) is 2.70. The Hall–Kier alpha value is -1.68. The lowest BCUT2D eigenvalue weighted by molar-refractivity contribution is 0.0567. The molecule has 0 saturated heterocycles. The summed E-state index contributed by atoms with van der Waals surface area (Å²) in [7, 11) is 2.80. The van der Waals surface area contributed by atoms with Gasteiger partial charge in [0.1, 0.15) is 0 Å². The Kier molecular flexibility index (Phi) is 2.75. The molecule has 0 spiro atoms. The van der Waals surface area contributed by atoms with E-state index in [4.69, 9.17) is 20.8 Å². The number of hydrogen-bond acceptors (Lipinski definition) is 4. The van der Waals surface area contributed by atoms with Crippen LogP contribution in [0.2, 0.25) is 5.02 Å². The third-order valence-corrected chi connectivity index (χ3v) is 2.37. The lowest BCUT2D eigenvalue weighted by Gasteiger charge is -2.00. The minimum absolute atomic E-state index is 0.123. The highest BCUT2D eigenvalue weighted by Gasteiger charge is 2.15. The van der Waals surface area contributed by atoms with Gasteiger partial charge in [0, 0.05) is 16.5 Å². The van der Waals surface area contributed by atoms with Crippen molar-refractivity contribution in [3.8, 4) is 5.75 Å². The van der Waals surface area contributed by atoms with Crippen LogP contribution >= 0.6 is 11.6 Å². The summed E-state index contributed by atoms with van der Waals surface area (Å²) in [6.07, 6.45) is 0. The van der Waals surface area contributed by atoms with E-state index < -0.39 is 5.97 Å². The van der Waals surface area contributed by atoms with E-state index in [1.807, 2.05) is 0 Å². The zero-order valence-corrected chi connectivity index (χ0v) is 9.50. The van der Waals surface area contributed by atoms with Crippen LogP contribution in [0.3, 0.4) is 0 Å². The van der Waals surface area contributed by atoms with E-state index >= 15 is 0 Å². The van der Waals surface area contributed by atoms with Gasteiger partial charge in [-0.05, 0) is 12.1 Å². The summed E-state index contributed by atoms with van der Waals surface area (Å²) in [6, 6.07) is 4.87. The van der Waals surface area contributed by atoms with Gasteiger partial charge >= 0.3 is 5.97 Å². The summed E-state index contributed by atoms with van der Waals surface area (Å²) in [5, 5.41) is 1.21. The fourth-order valence-corrected chi connectivity index (χ4v) is 1.66. The van der Waals surface area contributed by atoms with E-state index in [0.717, 1.165) is 0 Å². The highest BCUT2D eigenvalue weighted by Crippen LogP contribution is 2.32. The van der Waals surface area contributed by atoms with Crippen molar-refractivity contribution >= 4 is 28.5 Å². The maximum atomic E-state index is 11.3. The number of rotatable bonds is 2. The average molecular weight is 241 g/mol. The van der Waals surface area contributed by atoms with E-state index in [2.05, 4.69) is 4.74 Å². The molecule has 1 aromatic carbocycles. The Balaban J connectivity index is 2.64. The van der Waals surface area contributed by atoms with Gasteiger partial charge in [0.2, 0.25) is 5.76 Å². The molecule has 84 valence electrons. The monoisotopic (exact) mass is 240 g/mol. The van der Waals surface area contributed by atoms with Gasteiger partial charge in [-0.2, -0.15) is 0 Å². The lowest BCUT2D eigenvalue weighted by Crippen LogP contribution is -1.97. The fraction of sp³-hybridized carbons (Fsp3) is 0.182. The van der Waals surface area contributed by atoms with E-state index in [-0.39, 0.29) is 5.76 Å². The largest absolute Gasteiger partial charge is 0.493 e. The van der Waals surface area contributed by atoms with Gasteiger partial charge < -0.3 is 13.9 Å². The summed E-state index contributed by atoms with van der Waals surface area (Å²) >= 11 is 5.89. The van der Waals surface area contributed by atoms with Crippen LogP contribution in [-0.4, -0.2) is 20.2 Å². The summed E-state index contributed by atoms with van der Waals surface area (Å²) < 4.78 is 15.0. The molecule has 0 aliphatic heterocycles. The van der Waals surface area contributed by atoms with E-state index in [0.29, 0.717) is 21.7 Å². The van der Waals surface area contributed by atoms with Gasteiger partial charge in [-0.3, -0.25) is 0 Å². The van der Waals surface area contributed by atoms with Crippen molar-refractivity contribution in [2.75, 3.05) is 14.2 Å². The number of ether oxygens (including phenoxy) is 2. The summed E-state index contributed by atoms with van der Waals surface area (Å²) in [6.45, 7) is 0. The van der Waals surface area contributed by atoms with Crippen LogP contribution in [0.15, 0.2) is 22.6 Å². The van der Waals surface area contributed by atoms with Gasteiger partial charge in [0.15, 0.2) is 11.3 Å². The first-order valence-corrected chi connectivity index (χ1v) is 4.89. The van der Waals surface area contributed by atoms with E-state index in [1.165, 1.54) is 14.2 Å². The molecular formula is C11H9ClO4. The van der Waals surface area contributed by atoms with E-state index in [1.54, 1.807) is 18.2 Å². The molecule has 4 nitrogen and oxygen atoms in total. The van der Waals surface area contributed by atoms with Gasteiger partial charge in [-0.1, -0.05) is 11.6 Å². The Morgan fingerprint density at radius 2 is 2.06 bits per heavy atom. The molecule has 5 heteroatoms. The van der Waals surface area contributed by atoms with Crippen molar-refractivity contribution in [2.24, 2.45) is 0 Å². The quantitative estimate of drug-likeness (QED) is 0.758. The zero-order valence-electron chi connectivity index (χ0n) is 8.74. The molecule has 0 atom stereocenters. The summed E-state index contributed by atoms with van der Waals surface area (Å²) in [4.78, 5) is 11.3. The van der Waals surface area contributed by atoms with E-state index in [9.17, 15) is 4.79 Å². The lowest BCUT2D eigenvalue weighted by atomic mass is 10.2. The van der Waals surface area contributed by atoms with Crippen LogP contribution in [0, 0.1) is 0 Å². The minimum Gasteiger partial charge on any atom is -0.493 e. The molecule has 16 heavy (non-hydrogen) atoms.